The molecule has 0 aromatic rings. The van der Waals surface area contributed by atoms with Crippen molar-refractivity contribution in [1.82, 2.24) is 0 Å². The summed E-state index contributed by atoms with van der Waals surface area (Å²) in [6.07, 6.45) is 0. The Kier molecular flexibility index (Phi) is 731. The summed E-state index contributed by atoms with van der Waals surface area (Å²) in [4.78, 5) is 0. The van der Waals surface area contributed by atoms with Gasteiger partial charge in [-0.2, -0.15) is 0 Å². The van der Waals surface area contributed by atoms with Crippen molar-refractivity contribution >= 4 is 64.9 Å². The molecule has 0 aromatic heterocycles. The fourth-order valence-electron chi connectivity index (χ4n) is 0. The van der Waals surface area contributed by atoms with E-state index < -0.39 is 0 Å². The zero-order chi connectivity index (χ0) is 0. The van der Waals surface area contributed by atoms with Crippen LogP contribution in [-0.2, 0) is 54.0 Å². The van der Waals surface area contributed by atoms with E-state index in [-0.39, 0.29) is 64.9 Å². The van der Waals surface area contributed by atoms with Gasteiger partial charge in [-0.1, -0.05) is 0 Å². The van der Waals surface area contributed by atoms with E-state index in [9.17, 15) is 0 Å². The summed E-state index contributed by atoms with van der Waals surface area (Å²) in [5, 5.41) is 0. The molecule has 0 rings (SSSR count). The maximum atomic E-state index is 0. The summed E-state index contributed by atoms with van der Waals surface area (Å²) < 4.78 is 0. The largest absolute Gasteiger partial charge is 4.00 e. The molecule has 0 aliphatic carbocycles. The summed E-state index contributed by atoms with van der Waals surface area (Å²) in [7, 11) is 0. The van der Waals surface area contributed by atoms with Crippen molar-refractivity contribution in [2.45, 2.75) is 0 Å². The van der Waals surface area contributed by atoms with Gasteiger partial charge in [0.15, 0.2) is 0 Å². The number of hydrogen-bond donors (Lipinski definition) is 0. The second-order valence-corrected chi connectivity index (χ2v) is 0. The van der Waals surface area contributed by atoms with Gasteiger partial charge in [0, 0.05) is 0 Å². The van der Waals surface area contributed by atoms with E-state index in [1.54, 1.807) is 0 Å². The molecule has 0 amide bonds. The molecule has 5 heavy (non-hydrogen) atoms. The van der Waals surface area contributed by atoms with E-state index in [1.807, 2.05) is 0 Å². The zero-order valence-corrected chi connectivity index (χ0v) is 6.87. The monoisotopic (exact) mass is 160 g/mol. The van der Waals surface area contributed by atoms with Gasteiger partial charge >= 0.3 is 11.0 Å². The van der Waals surface area contributed by atoms with Gasteiger partial charge in [-0.25, -0.2) is 0 Å². The van der Waals surface area contributed by atoms with Gasteiger partial charge in [0.2, 0.25) is 0 Å². The van der Waals surface area contributed by atoms with E-state index in [0.29, 0.717) is 0 Å². The second-order valence-electron chi connectivity index (χ2n) is 0. The van der Waals surface area contributed by atoms with Crippen molar-refractivity contribution in [3.8, 4) is 0 Å². The fraction of sp³-hybridized carbons (Fsp3) is 0. The molecule has 0 saturated carbocycles. The molecule has 0 heterocycles. The van der Waals surface area contributed by atoms with Crippen molar-refractivity contribution in [3.63, 3.8) is 0 Å². The van der Waals surface area contributed by atoms with Crippen molar-refractivity contribution in [2.24, 2.45) is 0 Å². The molecule has 0 aliphatic rings. The average Bonchev–Trinajstić information content (AvgIpc) is 0. The molecule has 0 atom stereocenters. The zero-order valence-electron chi connectivity index (χ0n) is 2.29. The van der Waals surface area contributed by atoms with Crippen LogP contribution in [0.1, 0.15) is 0 Å². The Morgan fingerprint density at radius 3 is 0.400 bits per heavy atom. The molecule has 32 valence electrons. The predicted molar refractivity (Wildman–Crippen MR) is 40.8 cm³/mol. The summed E-state index contributed by atoms with van der Waals surface area (Å²) in [6.45, 7) is 0. The first-order chi connectivity index (χ1) is 0. The maximum Gasteiger partial charge on any atom is 4.00 e. The van der Waals surface area contributed by atoms with Gasteiger partial charge < -0.3 is 54.0 Å². The van der Waals surface area contributed by atoms with Crippen LogP contribution < -0.4 is 0 Å². The SMILES string of the molecule is [SH-].[SH-].[SH-].[SH-].[Si+4]. The number of thiol groups is 4. The summed E-state index contributed by atoms with van der Waals surface area (Å²) in [5.74, 6) is 0. The smallest absolute Gasteiger partial charge is 0.813 e. The third-order valence-corrected chi connectivity index (χ3v) is 0. The molecule has 0 nitrogen and oxygen atoms in total. The molecule has 0 saturated heterocycles. The van der Waals surface area contributed by atoms with Crippen molar-refractivity contribution in [1.29, 1.82) is 0 Å². The van der Waals surface area contributed by atoms with E-state index in [0.717, 1.165) is 0 Å². The van der Waals surface area contributed by atoms with E-state index in [1.165, 1.54) is 0 Å². The standard InChI is InChI=1S/4H2S.Si/h4*1H2;/q;;;;+4/p-4. The summed E-state index contributed by atoms with van der Waals surface area (Å²) in [5.41, 5.74) is 0. The quantitative estimate of drug-likeness (QED) is 0.241. The van der Waals surface area contributed by atoms with Gasteiger partial charge in [-0.3, -0.25) is 0 Å². The predicted octanol–water partition coefficient (Wildman–Crippen LogP) is -1.46. The Morgan fingerprint density at radius 2 is 0.400 bits per heavy atom. The van der Waals surface area contributed by atoms with E-state index in [4.69, 9.17) is 0 Å². The Labute approximate surface area is 64.9 Å². The van der Waals surface area contributed by atoms with E-state index >= 15 is 0 Å². The van der Waals surface area contributed by atoms with Crippen LogP contribution in [0.5, 0.6) is 0 Å². The van der Waals surface area contributed by atoms with Gasteiger partial charge in [0.1, 0.15) is 0 Å². The minimum Gasteiger partial charge on any atom is -0.813 e. The van der Waals surface area contributed by atoms with Gasteiger partial charge in [0.25, 0.3) is 0 Å². The van der Waals surface area contributed by atoms with Crippen LogP contribution in [-0.4, -0.2) is 11.0 Å². The first-order valence-electron chi connectivity index (χ1n) is 0. The van der Waals surface area contributed by atoms with Crippen LogP contribution in [0.25, 0.3) is 0 Å². The number of rotatable bonds is 0. The second kappa shape index (κ2) is 45.8. The first kappa shape index (κ1) is 79.9. The molecule has 0 bridgehead atoms. The first-order valence-corrected chi connectivity index (χ1v) is 0. The van der Waals surface area contributed by atoms with Crippen LogP contribution in [0.15, 0.2) is 0 Å². The average molecular weight is 160 g/mol. The molecular weight excluding hydrogens is 156 g/mol. The summed E-state index contributed by atoms with van der Waals surface area (Å²) in [6, 6.07) is 0. The Hall–Kier alpha value is 1.62. The molecule has 0 fully saturated rings. The Bertz CT molecular complexity index is 3.61. The van der Waals surface area contributed by atoms with Crippen LogP contribution >= 0.6 is 0 Å². The minimum atomic E-state index is 0. The Morgan fingerprint density at radius 1 is 0.400 bits per heavy atom. The molecular formula is H4S4Si. The molecule has 0 aliphatic heterocycles. The molecule has 0 N–H and O–H groups in total. The van der Waals surface area contributed by atoms with Gasteiger partial charge in [-0.05, 0) is 0 Å². The normalized spacial score (nSPS) is 0. The van der Waals surface area contributed by atoms with E-state index in [2.05, 4.69) is 0 Å². The van der Waals surface area contributed by atoms with Crippen LogP contribution in [0, 0.1) is 0 Å². The molecule has 0 unspecified atom stereocenters. The van der Waals surface area contributed by atoms with Gasteiger partial charge in [-0.15, -0.1) is 0 Å². The molecule has 0 radical (unpaired) electrons. The fourth-order valence-corrected chi connectivity index (χ4v) is 0. The van der Waals surface area contributed by atoms with Gasteiger partial charge in [0.05, 0.1) is 0 Å². The topological polar surface area (TPSA) is 0 Å². The van der Waals surface area contributed by atoms with Crippen molar-refractivity contribution in [2.75, 3.05) is 0 Å². The van der Waals surface area contributed by atoms with Crippen molar-refractivity contribution < 1.29 is 0 Å². The molecule has 5 heteroatoms. The summed E-state index contributed by atoms with van der Waals surface area (Å²) >= 11 is 0. The third-order valence-electron chi connectivity index (χ3n) is 0. The molecule has 0 aromatic carbocycles. The number of hydrogen-bond acceptors (Lipinski definition) is 4. The Balaban J connectivity index is 0. The maximum absolute atomic E-state index is 0. The van der Waals surface area contributed by atoms with Crippen LogP contribution in [0.2, 0.25) is 0 Å². The minimum absolute atomic E-state index is 0. The van der Waals surface area contributed by atoms with Crippen molar-refractivity contribution in [3.05, 3.63) is 0 Å². The molecule has 0 spiro atoms. The van der Waals surface area contributed by atoms with Crippen LogP contribution in [0.4, 0.5) is 0 Å². The third kappa shape index (κ3) is 28.1. The van der Waals surface area contributed by atoms with Crippen LogP contribution in [0.3, 0.4) is 0 Å².